The quantitative estimate of drug-likeness (QED) is 0.738. The van der Waals surface area contributed by atoms with E-state index in [1.165, 1.54) is 0 Å². The van der Waals surface area contributed by atoms with Gasteiger partial charge in [-0.2, -0.15) is 0 Å². The summed E-state index contributed by atoms with van der Waals surface area (Å²) in [6, 6.07) is 8.66. The Kier molecular flexibility index (Phi) is 3.62. The van der Waals surface area contributed by atoms with Crippen LogP contribution in [0.5, 0.6) is 0 Å². The molecule has 5 nitrogen and oxygen atoms in total. The third-order valence-corrected chi connectivity index (χ3v) is 3.41. The summed E-state index contributed by atoms with van der Waals surface area (Å²) in [4.78, 5) is 22.0. The molecule has 1 saturated heterocycles. The Labute approximate surface area is 104 Å². The normalized spacial score (nSPS) is 27.0. The maximum atomic E-state index is 11.1. The Bertz CT molecular complexity index is 446. The van der Waals surface area contributed by atoms with Gasteiger partial charge in [-0.25, -0.2) is 0 Å². The van der Waals surface area contributed by atoms with E-state index >= 15 is 0 Å². The van der Waals surface area contributed by atoms with E-state index in [1.807, 2.05) is 30.3 Å². The van der Waals surface area contributed by atoms with Gasteiger partial charge in [0, 0.05) is 18.4 Å². The van der Waals surface area contributed by atoms with Crippen molar-refractivity contribution in [2.45, 2.75) is 18.4 Å². The third kappa shape index (κ3) is 2.51. The van der Waals surface area contributed by atoms with Gasteiger partial charge < -0.3 is 15.5 Å². The van der Waals surface area contributed by atoms with Gasteiger partial charge >= 0.3 is 11.9 Å². The Morgan fingerprint density at radius 3 is 2.44 bits per heavy atom. The number of carbonyl (C=O) groups is 2. The molecule has 0 spiro atoms. The summed E-state index contributed by atoms with van der Waals surface area (Å²) < 4.78 is 0. The molecule has 2 rings (SSSR count). The molecule has 0 aromatic heterocycles. The average molecular weight is 249 g/mol. The topological polar surface area (TPSA) is 86.6 Å². The van der Waals surface area contributed by atoms with E-state index in [4.69, 9.17) is 10.2 Å². The zero-order chi connectivity index (χ0) is 13.1. The van der Waals surface area contributed by atoms with Gasteiger partial charge in [0.05, 0.1) is 6.42 Å². The van der Waals surface area contributed by atoms with Crippen LogP contribution < -0.4 is 5.32 Å². The van der Waals surface area contributed by atoms with Crippen molar-refractivity contribution in [3.63, 3.8) is 0 Å². The minimum Gasteiger partial charge on any atom is -0.481 e. The van der Waals surface area contributed by atoms with Gasteiger partial charge in [0.25, 0.3) is 0 Å². The smallest absolute Gasteiger partial charge is 0.321 e. The zero-order valence-corrected chi connectivity index (χ0v) is 9.74. The third-order valence-electron chi connectivity index (χ3n) is 3.41. The van der Waals surface area contributed by atoms with Gasteiger partial charge in [-0.05, 0) is 5.56 Å². The van der Waals surface area contributed by atoms with E-state index in [2.05, 4.69) is 5.32 Å². The van der Waals surface area contributed by atoms with Crippen molar-refractivity contribution in [3.8, 4) is 0 Å². The first-order valence-corrected chi connectivity index (χ1v) is 5.82. The second-order valence-corrected chi connectivity index (χ2v) is 4.50. The molecule has 5 heteroatoms. The van der Waals surface area contributed by atoms with Gasteiger partial charge in [0.2, 0.25) is 0 Å². The molecular weight excluding hydrogens is 234 g/mol. The molecule has 1 unspecified atom stereocenters. The molecule has 0 aliphatic carbocycles. The van der Waals surface area contributed by atoms with E-state index < -0.39 is 23.9 Å². The van der Waals surface area contributed by atoms with Crippen LogP contribution in [0.1, 0.15) is 17.9 Å². The van der Waals surface area contributed by atoms with Crippen LogP contribution in [0.25, 0.3) is 0 Å². The molecule has 0 bridgehead atoms. The zero-order valence-electron chi connectivity index (χ0n) is 9.74. The van der Waals surface area contributed by atoms with Crippen LogP contribution in [0.2, 0.25) is 0 Å². The summed E-state index contributed by atoms with van der Waals surface area (Å²) in [5.41, 5.74) is 0.986. The van der Waals surface area contributed by atoms with Crippen LogP contribution in [0.4, 0.5) is 0 Å². The predicted molar refractivity (Wildman–Crippen MR) is 64.4 cm³/mol. The highest BCUT2D eigenvalue weighted by molar-refractivity contribution is 5.76. The molecule has 1 aromatic rings. The minimum atomic E-state index is -0.986. The van der Waals surface area contributed by atoms with Crippen LogP contribution in [-0.2, 0) is 9.59 Å². The lowest BCUT2D eigenvalue weighted by Gasteiger charge is -2.20. The average Bonchev–Trinajstić information content (AvgIpc) is 2.73. The summed E-state index contributed by atoms with van der Waals surface area (Å²) in [7, 11) is 0. The highest BCUT2D eigenvalue weighted by Crippen LogP contribution is 2.34. The molecule has 1 heterocycles. The maximum absolute atomic E-state index is 11.1. The Morgan fingerprint density at radius 1 is 1.22 bits per heavy atom. The molecule has 0 saturated carbocycles. The van der Waals surface area contributed by atoms with Gasteiger partial charge in [0.15, 0.2) is 0 Å². The van der Waals surface area contributed by atoms with Crippen molar-refractivity contribution >= 4 is 11.9 Å². The number of hydrogen-bond donors (Lipinski definition) is 3. The Hall–Kier alpha value is -1.88. The molecule has 96 valence electrons. The first-order chi connectivity index (χ1) is 8.59. The Balaban J connectivity index is 2.24. The number of carboxylic acid groups (broad SMARTS) is 2. The fourth-order valence-electron chi connectivity index (χ4n) is 2.59. The number of carboxylic acids is 2. The fourth-order valence-corrected chi connectivity index (χ4v) is 2.59. The van der Waals surface area contributed by atoms with Crippen molar-refractivity contribution < 1.29 is 19.8 Å². The minimum absolute atomic E-state index is 0.0663. The van der Waals surface area contributed by atoms with Gasteiger partial charge in [-0.1, -0.05) is 30.3 Å². The molecule has 1 aliphatic rings. The van der Waals surface area contributed by atoms with Crippen LogP contribution in [0, 0.1) is 5.92 Å². The molecule has 0 radical (unpaired) electrons. The second kappa shape index (κ2) is 5.18. The molecular formula is C13H15NO4. The highest BCUT2D eigenvalue weighted by atomic mass is 16.4. The molecule has 0 amide bonds. The van der Waals surface area contributed by atoms with Crippen LogP contribution in [-0.4, -0.2) is 34.7 Å². The van der Waals surface area contributed by atoms with Crippen LogP contribution in [0.3, 0.4) is 0 Å². The second-order valence-electron chi connectivity index (χ2n) is 4.50. The van der Waals surface area contributed by atoms with Crippen molar-refractivity contribution in [1.82, 2.24) is 5.32 Å². The first kappa shape index (κ1) is 12.6. The number of nitrogens with one attached hydrogen (secondary N) is 1. The molecule has 3 N–H and O–H groups in total. The SMILES string of the molecule is O=C(O)C[C@H]1C(c2ccccc2)CN[C@@H]1C(=O)O. The fraction of sp³-hybridized carbons (Fsp3) is 0.385. The van der Waals surface area contributed by atoms with Gasteiger partial charge in [-0.3, -0.25) is 9.59 Å². The van der Waals surface area contributed by atoms with E-state index in [0.717, 1.165) is 5.56 Å². The summed E-state index contributed by atoms with van der Waals surface area (Å²) >= 11 is 0. The summed E-state index contributed by atoms with van der Waals surface area (Å²) in [6.45, 7) is 0.499. The molecule has 1 aliphatic heterocycles. The number of hydrogen-bond acceptors (Lipinski definition) is 3. The van der Waals surface area contributed by atoms with E-state index in [1.54, 1.807) is 0 Å². The van der Waals surface area contributed by atoms with Gasteiger partial charge in [-0.15, -0.1) is 0 Å². The maximum Gasteiger partial charge on any atom is 0.321 e. The van der Waals surface area contributed by atoms with Gasteiger partial charge in [0.1, 0.15) is 6.04 Å². The summed E-state index contributed by atoms with van der Waals surface area (Å²) in [5, 5.41) is 20.9. The van der Waals surface area contributed by atoms with E-state index in [-0.39, 0.29) is 12.3 Å². The molecule has 3 atom stereocenters. The van der Waals surface area contributed by atoms with Crippen LogP contribution in [0.15, 0.2) is 30.3 Å². The highest BCUT2D eigenvalue weighted by Gasteiger charge is 2.41. The standard InChI is InChI=1S/C13H15NO4/c15-11(16)6-9-10(7-14-12(9)13(17)18)8-4-2-1-3-5-8/h1-5,9-10,12,14H,6-7H2,(H,15,16)(H,17,18)/t9-,10?,12-/m0/s1. The molecule has 1 aromatic carbocycles. The largest absolute Gasteiger partial charge is 0.481 e. The lowest BCUT2D eigenvalue weighted by atomic mass is 9.83. The number of rotatable bonds is 4. The lowest BCUT2D eigenvalue weighted by molar-refractivity contribution is -0.142. The molecule has 18 heavy (non-hydrogen) atoms. The number of aliphatic carboxylic acids is 2. The van der Waals surface area contributed by atoms with E-state index in [0.29, 0.717) is 6.54 Å². The number of benzene rings is 1. The Morgan fingerprint density at radius 2 is 1.89 bits per heavy atom. The first-order valence-electron chi connectivity index (χ1n) is 5.82. The molecule has 1 fully saturated rings. The summed E-state index contributed by atoms with van der Waals surface area (Å²) in [5.74, 6) is -2.43. The van der Waals surface area contributed by atoms with E-state index in [9.17, 15) is 9.59 Å². The predicted octanol–water partition coefficient (Wildman–Crippen LogP) is 0.917. The van der Waals surface area contributed by atoms with Crippen LogP contribution >= 0.6 is 0 Å². The van der Waals surface area contributed by atoms with Crippen molar-refractivity contribution in [3.05, 3.63) is 35.9 Å². The lowest BCUT2D eigenvalue weighted by Crippen LogP contribution is -2.36. The van der Waals surface area contributed by atoms with Crippen molar-refractivity contribution in [2.24, 2.45) is 5.92 Å². The van der Waals surface area contributed by atoms with Crippen molar-refractivity contribution in [1.29, 1.82) is 0 Å². The van der Waals surface area contributed by atoms with Crippen molar-refractivity contribution in [2.75, 3.05) is 6.54 Å². The summed E-state index contributed by atoms with van der Waals surface area (Å²) in [6.07, 6.45) is -0.135. The monoisotopic (exact) mass is 249 g/mol.